The fraction of sp³-hybridized carbons (Fsp3) is 0.250. The quantitative estimate of drug-likeness (QED) is 0.780. The summed E-state index contributed by atoms with van der Waals surface area (Å²) in [4.78, 5) is 0. The second kappa shape index (κ2) is 5.93. The molecule has 0 atom stereocenters. The number of nitrogens with one attached hydrogen (secondary N) is 1. The molecule has 0 aliphatic heterocycles. The molecule has 2 aromatic heterocycles. The molecular weight excluding hydrogens is 264 g/mol. The van der Waals surface area contributed by atoms with E-state index in [2.05, 4.69) is 28.5 Å². The van der Waals surface area contributed by atoms with E-state index in [1.165, 1.54) is 5.56 Å². The molecule has 0 fully saturated rings. The number of methoxy groups -OCH3 is 1. The summed E-state index contributed by atoms with van der Waals surface area (Å²) < 4.78 is 7.37. The van der Waals surface area contributed by atoms with Crippen molar-refractivity contribution in [2.75, 3.05) is 7.11 Å². The van der Waals surface area contributed by atoms with Gasteiger partial charge in [-0.25, -0.2) is 0 Å². The predicted molar refractivity (Wildman–Crippen MR) is 81.3 cm³/mol. The van der Waals surface area contributed by atoms with Gasteiger partial charge in [0.25, 0.3) is 0 Å². The molecule has 0 aliphatic rings. The molecule has 0 unspecified atom stereocenters. The van der Waals surface area contributed by atoms with Gasteiger partial charge in [0.05, 0.1) is 13.7 Å². The zero-order valence-corrected chi connectivity index (χ0v) is 12.2. The normalized spacial score (nSPS) is 11.0. The third-order valence-corrected chi connectivity index (χ3v) is 3.42. The average Bonchev–Trinajstić information content (AvgIpc) is 2.91. The van der Waals surface area contributed by atoms with Crippen molar-refractivity contribution in [3.05, 3.63) is 59.5 Å². The van der Waals surface area contributed by atoms with Gasteiger partial charge in [-0.3, -0.25) is 4.40 Å². The van der Waals surface area contributed by atoms with Gasteiger partial charge in [-0.2, -0.15) is 0 Å². The Morgan fingerprint density at radius 3 is 2.90 bits per heavy atom. The lowest BCUT2D eigenvalue weighted by Crippen LogP contribution is -2.15. The molecule has 0 amide bonds. The van der Waals surface area contributed by atoms with Crippen LogP contribution in [0, 0.1) is 6.92 Å². The van der Waals surface area contributed by atoms with Crippen molar-refractivity contribution < 1.29 is 4.74 Å². The van der Waals surface area contributed by atoms with Gasteiger partial charge >= 0.3 is 0 Å². The summed E-state index contributed by atoms with van der Waals surface area (Å²) in [6, 6.07) is 12.1. The van der Waals surface area contributed by atoms with Crippen molar-refractivity contribution in [3.63, 3.8) is 0 Å². The summed E-state index contributed by atoms with van der Waals surface area (Å²) in [5, 5.41) is 11.7. The van der Waals surface area contributed by atoms with E-state index < -0.39 is 0 Å². The fourth-order valence-electron chi connectivity index (χ4n) is 2.37. The Balaban J connectivity index is 1.70. The number of hydrogen-bond acceptors (Lipinski definition) is 4. The topological polar surface area (TPSA) is 51.5 Å². The van der Waals surface area contributed by atoms with Crippen molar-refractivity contribution in [2.24, 2.45) is 0 Å². The molecule has 3 aromatic rings. The predicted octanol–water partition coefficient (Wildman–Crippen LogP) is 2.34. The van der Waals surface area contributed by atoms with Crippen LogP contribution >= 0.6 is 0 Å². The second-order valence-corrected chi connectivity index (χ2v) is 4.96. The zero-order chi connectivity index (χ0) is 14.7. The SMILES string of the molecule is COc1ccc(C)cc1CNCc1nnc2ccccn12. The van der Waals surface area contributed by atoms with Crippen LogP contribution in [0.3, 0.4) is 0 Å². The molecule has 1 aromatic carbocycles. The monoisotopic (exact) mass is 282 g/mol. The highest BCUT2D eigenvalue weighted by atomic mass is 16.5. The Morgan fingerprint density at radius 2 is 2.05 bits per heavy atom. The first-order valence-electron chi connectivity index (χ1n) is 6.91. The Hall–Kier alpha value is -2.40. The lowest BCUT2D eigenvalue weighted by molar-refractivity contribution is 0.407. The minimum Gasteiger partial charge on any atom is -0.496 e. The lowest BCUT2D eigenvalue weighted by Gasteiger charge is -2.10. The summed E-state index contributed by atoms with van der Waals surface area (Å²) in [6.07, 6.45) is 1.97. The summed E-state index contributed by atoms with van der Waals surface area (Å²) in [5.74, 6) is 1.80. The standard InChI is InChI=1S/C16H18N4O/c1-12-6-7-14(21-2)13(9-12)10-17-11-16-19-18-15-5-3-4-8-20(15)16/h3-9,17H,10-11H2,1-2H3. The van der Waals surface area contributed by atoms with E-state index >= 15 is 0 Å². The molecule has 0 bridgehead atoms. The van der Waals surface area contributed by atoms with Crippen molar-refractivity contribution in [2.45, 2.75) is 20.0 Å². The number of pyridine rings is 1. The highest BCUT2D eigenvalue weighted by Gasteiger charge is 2.06. The average molecular weight is 282 g/mol. The largest absolute Gasteiger partial charge is 0.496 e. The molecule has 21 heavy (non-hydrogen) atoms. The molecule has 108 valence electrons. The molecule has 0 saturated carbocycles. The maximum Gasteiger partial charge on any atom is 0.160 e. The van der Waals surface area contributed by atoms with Crippen LogP contribution in [-0.4, -0.2) is 21.7 Å². The second-order valence-electron chi connectivity index (χ2n) is 4.96. The minimum atomic E-state index is 0.655. The number of nitrogens with zero attached hydrogens (tertiary/aromatic N) is 3. The van der Waals surface area contributed by atoms with Crippen LogP contribution in [0.1, 0.15) is 17.0 Å². The van der Waals surface area contributed by atoms with Crippen LogP contribution in [0.5, 0.6) is 5.75 Å². The molecule has 2 heterocycles. The van der Waals surface area contributed by atoms with Gasteiger partial charge in [0.2, 0.25) is 0 Å². The maximum absolute atomic E-state index is 5.39. The Bertz CT molecular complexity index is 751. The molecule has 0 saturated heterocycles. The van der Waals surface area contributed by atoms with E-state index in [0.717, 1.165) is 29.3 Å². The number of aromatic nitrogens is 3. The van der Waals surface area contributed by atoms with Crippen molar-refractivity contribution in [1.82, 2.24) is 19.9 Å². The van der Waals surface area contributed by atoms with Crippen LogP contribution < -0.4 is 10.1 Å². The zero-order valence-electron chi connectivity index (χ0n) is 12.2. The molecule has 0 spiro atoms. The Labute approximate surface area is 123 Å². The van der Waals surface area contributed by atoms with E-state index in [0.29, 0.717) is 6.54 Å². The smallest absolute Gasteiger partial charge is 0.160 e. The van der Waals surface area contributed by atoms with Gasteiger partial charge in [-0.1, -0.05) is 23.8 Å². The number of hydrogen-bond donors (Lipinski definition) is 1. The van der Waals surface area contributed by atoms with E-state index in [1.807, 2.05) is 40.9 Å². The van der Waals surface area contributed by atoms with Crippen molar-refractivity contribution in [1.29, 1.82) is 0 Å². The number of ether oxygens (including phenoxy) is 1. The molecule has 5 nitrogen and oxygen atoms in total. The molecule has 3 rings (SSSR count). The summed E-state index contributed by atoms with van der Waals surface area (Å²) in [7, 11) is 1.69. The minimum absolute atomic E-state index is 0.655. The Kier molecular flexibility index (Phi) is 3.83. The molecule has 5 heteroatoms. The van der Waals surface area contributed by atoms with Crippen LogP contribution in [0.4, 0.5) is 0 Å². The van der Waals surface area contributed by atoms with Gasteiger partial charge in [-0.05, 0) is 25.1 Å². The van der Waals surface area contributed by atoms with Crippen LogP contribution in [0.15, 0.2) is 42.6 Å². The number of rotatable bonds is 5. The lowest BCUT2D eigenvalue weighted by atomic mass is 10.1. The number of aryl methyl sites for hydroxylation is 1. The third-order valence-electron chi connectivity index (χ3n) is 3.42. The number of fused-ring (bicyclic) bond motifs is 1. The van der Waals surface area contributed by atoms with Gasteiger partial charge in [0.15, 0.2) is 11.5 Å². The summed E-state index contributed by atoms with van der Waals surface area (Å²) in [5.41, 5.74) is 3.23. The van der Waals surface area contributed by atoms with E-state index in [4.69, 9.17) is 4.74 Å². The first-order valence-corrected chi connectivity index (χ1v) is 6.91. The summed E-state index contributed by atoms with van der Waals surface area (Å²) in [6.45, 7) is 3.46. The summed E-state index contributed by atoms with van der Waals surface area (Å²) >= 11 is 0. The third kappa shape index (κ3) is 2.87. The first-order chi connectivity index (χ1) is 10.3. The molecule has 1 N–H and O–H groups in total. The molecule has 0 radical (unpaired) electrons. The van der Waals surface area contributed by atoms with E-state index in [-0.39, 0.29) is 0 Å². The first kappa shape index (κ1) is 13.6. The maximum atomic E-state index is 5.39. The van der Waals surface area contributed by atoms with Gasteiger partial charge < -0.3 is 10.1 Å². The van der Waals surface area contributed by atoms with Gasteiger partial charge in [-0.15, -0.1) is 10.2 Å². The highest BCUT2D eigenvalue weighted by Crippen LogP contribution is 2.19. The molecule has 0 aliphatic carbocycles. The van der Waals surface area contributed by atoms with Gasteiger partial charge in [0, 0.05) is 18.3 Å². The fourth-order valence-corrected chi connectivity index (χ4v) is 2.37. The van der Waals surface area contributed by atoms with Crippen LogP contribution in [0.25, 0.3) is 5.65 Å². The Morgan fingerprint density at radius 1 is 1.14 bits per heavy atom. The van der Waals surface area contributed by atoms with Gasteiger partial charge in [0.1, 0.15) is 5.75 Å². The number of benzene rings is 1. The van der Waals surface area contributed by atoms with E-state index in [9.17, 15) is 0 Å². The van der Waals surface area contributed by atoms with E-state index in [1.54, 1.807) is 7.11 Å². The van der Waals surface area contributed by atoms with Crippen molar-refractivity contribution in [3.8, 4) is 5.75 Å². The highest BCUT2D eigenvalue weighted by molar-refractivity contribution is 5.38. The van der Waals surface area contributed by atoms with Crippen LogP contribution in [0.2, 0.25) is 0 Å². The molecular formula is C16H18N4O. The van der Waals surface area contributed by atoms with Crippen LogP contribution in [-0.2, 0) is 13.1 Å². The van der Waals surface area contributed by atoms with Crippen molar-refractivity contribution >= 4 is 5.65 Å².